The third-order valence-corrected chi connectivity index (χ3v) is 4.41. The van der Waals surface area contributed by atoms with Gasteiger partial charge >= 0.3 is 7.12 Å². The number of ketones is 1. The van der Waals surface area contributed by atoms with Crippen LogP contribution in [0.15, 0.2) is 42.6 Å². The highest BCUT2D eigenvalue weighted by atomic mass is 16.5. The number of ether oxygens (including phenoxy) is 1. The summed E-state index contributed by atoms with van der Waals surface area (Å²) in [5.41, 5.74) is 3.21. The molecule has 1 aliphatic rings. The fraction of sp³-hybridized carbons (Fsp3) is 0.222. The van der Waals surface area contributed by atoms with E-state index in [9.17, 15) is 9.82 Å². The van der Waals surface area contributed by atoms with Gasteiger partial charge in [0.2, 0.25) is 0 Å². The van der Waals surface area contributed by atoms with Gasteiger partial charge in [-0.3, -0.25) is 4.79 Å². The number of pyridine rings is 1. The smallest absolute Gasteiger partial charge is 0.423 e. The van der Waals surface area contributed by atoms with E-state index < -0.39 is 7.12 Å². The third-order valence-electron chi connectivity index (χ3n) is 4.41. The fourth-order valence-electron chi connectivity index (χ4n) is 3.09. The molecular formula is C18H17BN4O4. The maximum atomic E-state index is 12.9. The minimum atomic E-state index is -0.941. The van der Waals surface area contributed by atoms with Crippen molar-refractivity contribution in [3.63, 3.8) is 0 Å². The number of methoxy groups -OCH3 is 1. The molecule has 0 bridgehead atoms. The molecule has 4 rings (SSSR count). The van der Waals surface area contributed by atoms with Gasteiger partial charge in [0.05, 0.1) is 13.2 Å². The first-order valence-electron chi connectivity index (χ1n) is 8.47. The molecule has 136 valence electrons. The average Bonchev–Trinajstić information content (AvgIpc) is 3.27. The van der Waals surface area contributed by atoms with Crippen molar-refractivity contribution in [2.75, 3.05) is 7.11 Å². The standard InChI is InChI=1S/C18H17BN4O4/c1-26-11-15-18(21-22-23(15)17-4-2-3-7-20-17)16(24)9-12-5-6-13-10-27-19(25)14(13)8-12/h2-8,25H,9-11H2,1H3. The van der Waals surface area contributed by atoms with Gasteiger partial charge in [0, 0.05) is 19.7 Å². The molecule has 2 aromatic heterocycles. The van der Waals surface area contributed by atoms with E-state index in [1.54, 1.807) is 31.5 Å². The lowest BCUT2D eigenvalue weighted by atomic mass is 9.78. The van der Waals surface area contributed by atoms with E-state index in [2.05, 4.69) is 15.3 Å². The SMILES string of the molecule is COCc1c(C(=O)Cc2ccc3c(c2)B(O)OC3)nnn1-c1ccccn1. The van der Waals surface area contributed by atoms with Crippen LogP contribution in [0.2, 0.25) is 0 Å². The van der Waals surface area contributed by atoms with Crippen molar-refractivity contribution in [2.24, 2.45) is 0 Å². The van der Waals surface area contributed by atoms with Gasteiger partial charge < -0.3 is 14.4 Å². The Balaban J connectivity index is 1.62. The second-order valence-electron chi connectivity index (χ2n) is 6.21. The molecule has 1 aliphatic heterocycles. The van der Waals surface area contributed by atoms with Crippen LogP contribution in [0.25, 0.3) is 5.82 Å². The fourth-order valence-corrected chi connectivity index (χ4v) is 3.09. The molecule has 0 saturated carbocycles. The lowest BCUT2D eigenvalue weighted by Crippen LogP contribution is -2.28. The van der Waals surface area contributed by atoms with Crippen LogP contribution >= 0.6 is 0 Å². The van der Waals surface area contributed by atoms with Crippen molar-refractivity contribution < 1.29 is 19.2 Å². The number of rotatable bonds is 6. The molecule has 0 atom stereocenters. The van der Waals surface area contributed by atoms with Crippen LogP contribution < -0.4 is 5.46 Å². The molecule has 0 fully saturated rings. The monoisotopic (exact) mass is 364 g/mol. The average molecular weight is 364 g/mol. The minimum Gasteiger partial charge on any atom is -0.423 e. The van der Waals surface area contributed by atoms with Crippen molar-refractivity contribution in [1.82, 2.24) is 20.0 Å². The molecule has 9 heteroatoms. The zero-order valence-corrected chi connectivity index (χ0v) is 14.7. The Morgan fingerprint density at radius 1 is 1.37 bits per heavy atom. The van der Waals surface area contributed by atoms with Crippen LogP contribution in [0.1, 0.15) is 27.3 Å². The quantitative estimate of drug-likeness (QED) is 0.501. The molecule has 1 aromatic carbocycles. The van der Waals surface area contributed by atoms with Gasteiger partial charge in [-0.15, -0.1) is 5.10 Å². The van der Waals surface area contributed by atoms with Crippen LogP contribution in [-0.2, 0) is 29.0 Å². The van der Waals surface area contributed by atoms with E-state index in [4.69, 9.17) is 9.39 Å². The van der Waals surface area contributed by atoms with E-state index in [1.165, 1.54) is 4.68 Å². The van der Waals surface area contributed by atoms with Crippen LogP contribution in [0.3, 0.4) is 0 Å². The highest BCUT2D eigenvalue weighted by Gasteiger charge is 2.28. The number of hydrogen-bond donors (Lipinski definition) is 1. The van der Waals surface area contributed by atoms with Crippen molar-refractivity contribution in [1.29, 1.82) is 0 Å². The van der Waals surface area contributed by atoms with Crippen molar-refractivity contribution in [3.05, 3.63) is 65.1 Å². The van der Waals surface area contributed by atoms with Gasteiger partial charge in [0.25, 0.3) is 0 Å². The summed E-state index contributed by atoms with van der Waals surface area (Å²) < 4.78 is 11.9. The van der Waals surface area contributed by atoms with Crippen LogP contribution in [0, 0.1) is 0 Å². The Labute approximate surface area is 155 Å². The first kappa shape index (κ1) is 17.5. The molecule has 8 nitrogen and oxygen atoms in total. The molecule has 0 unspecified atom stereocenters. The third kappa shape index (κ3) is 3.40. The summed E-state index contributed by atoms with van der Waals surface area (Å²) in [5, 5.41) is 18.0. The number of Topliss-reactive ketones (excluding diaryl/α,β-unsaturated/α-hetero) is 1. The zero-order valence-electron chi connectivity index (χ0n) is 14.7. The predicted octanol–water partition coefficient (Wildman–Crippen LogP) is 0.452. The number of hydrogen-bond acceptors (Lipinski definition) is 7. The van der Waals surface area contributed by atoms with Gasteiger partial charge in [0.1, 0.15) is 5.69 Å². The molecule has 27 heavy (non-hydrogen) atoms. The Kier molecular flexibility index (Phi) is 4.80. The summed E-state index contributed by atoms with van der Waals surface area (Å²) in [7, 11) is 0.607. The summed E-state index contributed by atoms with van der Waals surface area (Å²) in [6.07, 6.45) is 1.78. The summed E-state index contributed by atoms with van der Waals surface area (Å²) in [4.78, 5) is 17.1. The minimum absolute atomic E-state index is 0.137. The Morgan fingerprint density at radius 3 is 3.04 bits per heavy atom. The molecule has 0 radical (unpaired) electrons. The molecule has 0 spiro atoms. The normalized spacial score (nSPS) is 13.0. The Morgan fingerprint density at radius 2 is 2.26 bits per heavy atom. The number of aromatic nitrogens is 4. The molecule has 1 N–H and O–H groups in total. The zero-order chi connectivity index (χ0) is 18.8. The maximum absolute atomic E-state index is 12.9. The summed E-state index contributed by atoms with van der Waals surface area (Å²) >= 11 is 0. The topological polar surface area (TPSA) is 99.4 Å². The Hall–Kier alpha value is -2.88. The van der Waals surface area contributed by atoms with Gasteiger partial charge in [-0.05, 0) is 28.7 Å². The van der Waals surface area contributed by atoms with E-state index in [0.717, 1.165) is 11.1 Å². The molecule has 0 saturated heterocycles. The van der Waals surface area contributed by atoms with Crippen LogP contribution in [-0.4, -0.2) is 45.0 Å². The van der Waals surface area contributed by atoms with E-state index in [0.29, 0.717) is 23.6 Å². The van der Waals surface area contributed by atoms with E-state index in [-0.39, 0.29) is 24.5 Å². The number of nitrogens with zero attached hydrogens (tertiary/aromatic N) is 4. The number of fused-ring (bicyclic) bond motifs is 1. The lowest BCUT2D eigenvalue weighted by molar-refractivity contribution is 0.0982. The molecule has 3 aromatic rings. The number of carbonyl (C=O) groups excluding carboxylic acids is 1. The number of carbonyl (C=O) groups is 1. The summed E-state index contributed by atoms with van der Waals surface area (Å²) in [6.45, 7) is 0.558. The van der Waals surface area contributed by atoms with Crippen molar-refractivity contribution >= 4 is 18.4 Å². The van der Waals surface area contributed by atoms with E-state index in [1.807, 2.05) is 18.2 Å². The molecule has 0 aliphatic carbocycles. The van der Waals surface area contributed by atoms with Gasteiger partial charge in [-0.25, -0.2) is 4.98 Å². The van der Waals surface area contributed by atoms with Crippen molar-refractivity contribution in [3.8, 4) is 5.82 Å². The highest BCUT2D eigenvalue weighted by Crippen LogP contribution is 2.16. The molecular weight excluding hydrogens is 347 g/mol. The predicted molar refractivity (Wildman–Crippen MR) is 96.7 cm³/mol. The number of benzene rings is 1. The first-order valence-corrected chi connectivity index (χ1v) is 8.47. The maximum Gasteiger partial charge on any atom is 0.491 e. The molecule has 3 heterocycles. The highest BCUT2D eigenvalue weighted by molar-refractivity contribution is 6.61. The van der Waals surface area contributed by atoms with Crippen LogP contribution in [0.5, 0.6) is 0 Å². The molecule has 0 amide bonds. The largest absolute Gasteiger partial charge is 0.491 e. The van der Waals surface area contributed by atoms with E-state index >= 15 is 0 Å². The Bertz CT molecular complexity index is 977. The summed E-state index contributed by atoms with van der Waals surface area (Å²) in [6, 6.07) is 10.9. The second kappa shape index (κ2) is 7.39. The van der Waals surface area contributed by atoms with Gasteiger partial charge in [-0.2, -0.15) is 4.68 Å². The summed E-state index contributed by atoms with van der Waals surface area (Å²) in [5.74, 6) is 0.381. The van der Waals surface area contributed by atoms with Crippen LogP contribution in [0.4, 0.5) is 0 Å². The van der Waals surface area contributed by atoms with Gasteiger partial charge in [0.15, 0.2) is 17.3 Å². The lowest BCUT2D eigenvalue weighted by Gasteiger charge is -2.07. The van der Waals surface area contributed by atoms with Crippen molar-refractivity contribution in [2.45, 2.75) is 19.6 Å². The first-order chi connectivity index (χ1) is 13.2. The van der Waals surface area contributed by atoms with Gasteiger partial charge in [-0.1, -0.05) is 29.5 Å². The second-order valence-corrected chi connectivity index (χ2v) is 6.21.